The molecule has 3 heterocycles. The van der Waals surface area contributed by atoms with Crippen molar-refractivity contribution in [1.82, 2.24) is 24.4 Å². The number of amides is 1. The maximum atomic E-state index is 12.7. The van der Waals surface area contributed by atoms with Crippen LogP contribution in [0.4, 0.5) is 0 Å². The Morgan fingerprint density at radius 2 is 1.88 bits per heavy atom. The van der Waals surface area contributed by atoms with Gasteiger partial charge in [0.05, 0.1) is 11.5 Å². The van der Waals surface area contributed by atoms with E-state index in [0.717, 1.165) is 17.1 Å². The molecule has 9 nitrogen and oxygen atoms in total. The minimum Gasteiger partial charge on any atom is -0.462 e. The number of aromatic amines is 1. The number of hydrogen-bond acceptors (Lipinski definition) is 7. The van der Waals surface area contributed by atoms with Crippen LogP contribution in [0.1, 0.15) is 22.9 Å². The number of carbonyl (C=O) groups excluding carboxylic acids is 1. The molecule has 1 N–H and O–H groups in total. The molecule has 174 valence electrons. The molecule has 1 amide bonds. The van der Waals surface area contributed by atoms with Crippen molar-refractivity contribution in [3.05, 3.63) is 65.4 Å². The summed E-state index contributed by atoms with van der Waals surface area (Å²) in [7, 11) is -3.41. The molecule has 11 heteroatoms. The molecular weight excluding hydrogens is 462 g/mol. The standard InChI is InChI=1S/C22H25N5O4S2/c1-17-7-8-19(31-17)9-10-20-23-22(25-24-20)32-15-21(28)26-11-13-27(14-12-26)33(29,30)16-18-5-3-2-4-6-18/h2-10H,11-16H2,1H3,(H,23,24,25)/b10-9+. The minimum absolute atomic E-state index is 0.0290. The molecule has 1 saturated heterocycles. The Bertz CT molecular complexity index is 1210. The molecule has 1 fully saturated rings. The maximum Gasteiger partial charge on any atom is 0.233 e. The predicted octanol–water partition coefficient (Wildman–Crippen LogP) is 2.64. The van der Waals surface area contributed by atoms with Crippen LogP contribution < -0.4 is 0 Å². The number of sulfonamides is 1. The lowest BCUT2D eigenvalue weighted by Gasteiger charge is -2.34. The molecule has 0 saturated carbocycles. The van der Waals surface area contributed by atoms with Crippen LogP contribution in [0.3, 0.4) is 0 Å². The summed E-state index contributed by atoms with van der Waals surface area (Å²) < 4.78 is 32.3. The highest BCUT2D eigenvalue weighted by Crippen LogP contribution is 2.17. The van der Waals surface area contributed by atoms with Crippen molar-refractivity contribution in [2.24, 2.45) is 0 Å². The molecule has 0 bridgehead atoms. The molecule has 0 unspecified atom stereocenters. The smallest absolute Gasteiger partial charge is 0.233 e. The predicted molar refractivity (Wildman–Crippen MR) is 127 cm³/mol. The van der Waals surface area contributed by atoms with Crippen LogP contribution in [0.2, 0.25) is 0 Å². The van der Waals surface area contributed by atoms with E-state index in [0.29, 0.717) is 37.2 Å². The Morgan fingerprint density at radius 3 is 2.58 bits per heavy atom. The number of furan rings is 1. The second-order valence-electron chi connectivity index (χ2n) is 7.60. The lowest BCUT2D eigenvalue weighted by molar-refractivity contribution is -0.129. The fraction of sp³-hybridized carbons (Fsp3) is 0.318. The van der Waals surface area contributed by atoms with E-state index in [1.54, 1.807) is 29.2 Å². The molecule has 2 aromatic heterocycles. The third-order valence-electron chi connectivity index (χ3n) is 5.15. The molecule has 1 aliphatic heterocycles. The molecule has 1 aliphatic rings. The summed E-state index contributed by atoms with van der Waals surface area (Å²) in [4.78, 5) is 18.6. The molecule has 4 rings (SSSR count). The Kier molecular flexibility index (Phi) is 7.31. The van der Waals surface area contributed by atoms with Crippen molar-refractivity contribution >= 4 is 39.8 Å². The van der Waals surface area contributed by atoms with Gasteiger partial charge in [-0.25, -0.2) is 13.4 Å². The third-order valence-corrected chi connectivity index (χ3v) is 7.83. The van der Waals surface area contributed by atoms with Crippen LogP contribution in [-0.4, -0.2) is 70.6 Å². The van der Waals surface area contributed by atoms with E-state index in [1.165, 1.54) is 16.1 Å². The van der Waals surface area contributed by atoms with Gasteiger partial charge < -0.3 is 9.32 Å². The average Bonchev–Trinajstić information content (AvgIpc) is 3.45. The number of nitrogens with one attached hydrogen (secondary N) is 1. The highest BCUT2D eigenvalue weighted by atomic mass is 32.2. The topological polar surface area (TPSA) is 112 Å². The van der Waals surface area contributed by atoms with Crippen molar-refractivity contribution in [2.75, 3.05) is 31.9 Å². The number of piperazine rings is 1. The molecule has 0 aliphatic carbocycles. The number of aryl methyl sites for hydroxylation is 1. The van der Waals surface area contributed by atoms with Crippen molar-refractivity contribution in [3.63, 3.8) is 0 Å². The van der Waals surface area contributed by atoms with Gasteiger partial charge in [-0.2, -0.15) is 4.31 Å². The van der Waals surface area contributed by atoms with E-state index >= 15 is 0 Å². The van der Waals surface area contributed by atoms with Gasteiger partial charge in [0.15, 0.2) is 0 Å². The fourth-order valence-electron chi connectivity index (χ4n) is 3.41. The monoisotopic (exact) mass is 487 g/mol. The van der Waals surface area contributed by atoms with E-state index in [-0.39, 0.29) is 17.4 Å². The number of carbonyl (C=O) groups is 1. The zero-order valence-corrected chi connectivity index (χ0v) is 19.8. The molecule has 1 aromatic carbocycles. The second-order valence-corrected chi connectivity index (χ2v) is 10.5. The van der Waals surface area contributed by atoms with E-state index in [4.69, 9.17) is 4.42 Å². The van der Waals surface area contributed by atoms with Crippen LogP contribution in [0, 0.1) is 6.92 Å². The minimum atomic E-state index is -3.41. The molecule has 0 spiro atoms. The van der Waals surface area contributed by atoms with Crippen molar-refractivity contribution in [1.29, 1.82) is 0 Å². The van der Waals surface area contributed by atoms with E-state index < -0.39 is 10.0 Å². The van der Waals surface area contributed by atoms with Crippen LogP contribution in [0.15, 0.2) is 52.0 Å². The summed E-state index contributed by atoms with van der Waals surface area (Å²) in [6.45, 7) is 3.22. The number of aromatic nitrogens is 3. The Balaban J connectivity index is 1.23. The third kappa shape index (κ3) is 6.34. The van der Waals surface area contributed by atoms with Gasteiger partial charge in [-0.3, -0.25) is 9.89 Å². The van der Waals surface area contributed by atoms with Crippen LogP contribution >= 0.6 is 11.8 Å². The highest BCUT2D eigenvalue weighted by Gasteiger charge is 2.29. The maximum absolute atomic E-state index is 12.7. The van der Waals surface area contributed by atoms with E-state index in [9.17, 15) is 13.2 Å². The van der Waals surface area contributed by atoms with Crippen molar-refractivity contribution in [2.45, 2.75) is 17.8 Å². The van der Waals surface area contributed by atoms with E-state index in [2.05, 4.69) is 15.2 Å². The summed E-state index contributed by atoms with van der Waals surface area (Å²) in [6, 6.07) is 12.9. The number of benzene rings is 1. The van der Waals surface area contributed by atoms with Gasteiger partial charge in [0.1, 0.15) is 17.3 Å². The lowest BCUT2D eigenvalue weighted by Crippen LogP contribution is -2.51. The van der Waals surface area contributed by atoms with Crippen LogP contribution in [-0.2, 0) is 20.6 Å². The zero-order valence-electron chi connectivity index (χ0n) is 18.2. The van der Waals surface area contributed by atoms with Gasteiger partial charge in [-0.1, -0.05) is 42.1 Å². The van der Waals surface area contributed by atoms with Gasteiger partial charge >= 0.3 is 0 Å². The van der Waals surface area contributed by atoms with Gasteiger partial charge in [-0.15, -0.1) is 5.10 Å². The SMILES string of the molecule is Cc1ccc(/C=C/c2nc(SCC(=O)N3CCN(S(=O)(=O)Cc4ccccc4)CC3)n[nH]2)o1. The molecule has 33 heavy (non-hydrogen) atoms. The Labute approximate surface area is 196 Å². The van der Waals surface area contributed by atoms with Gasteiger partial charge in [-0.05, 0) is 36.8 Å². The van der Waals surface area contributed by atoms with Crippen molar-refractivity contribution in [3.8, 4) is 0 Å². The molecule has 3 aromatic rings. The zero-order chi connectivity index (χ0) is 23.3. The Hall–Kier alpha value is -2.89. The highest BCUT2D eigenvalue weighted by molar-refractivity contribution is 7.99. The van der Waals surface area contributed by atoms with Gasteiger partial charge in [0.2, 0.25) is 21.1 Å². The number of thioether (sulfide) groups is 1. The van der Waals surface area contributed by atoms with Gasteiger partial charge in [0.25, 0.3) is 0 Å². The van der Waals surface area contributed by atoms with E-state index in [1.807, 2.05) is 37.3 Å². The normalized spacial score (nSPS) is 15.4. The first-order valence-electron chi connectivity index (χ1n) is 10.5. The summed E-state index contributed by atoms with van der Waals surface area (Å²) in [6.07, 6.45) is 3.55. The Morgan fingerprint density at radius 1 is 1.12 bits per heavy atom. The number of hydrogen-bond donors (Lipinski definition) is 1. The first-order chi connectivity index (χ1) is 15.9. The van der Waals surface area contributed by atoms with Crippen LogP contribution in [0.25, 0.3) is 12.2 Å². The number of nitrogens with zero attached hydrogens (tertiary/aromatic N) is 4. The molecule has 0 atom stereocenters. The summed E-state index contributed by atoms with van der Waals surface area (Å²) in [5.74, 6) is 2.22. The summed E-state index contributed by atoms with van der Waals surface area (Å²) >= 11 is 1.24. The van der Waals surface area contributed by atoms with Crippen molar-refractivity contribution < 1.29 is 17.6 Å². The second kappa shape index (κ2) is 10.4. The van der Waals surface area contributed by atoms with Crippen LogP contribution in [0.5, 0.6) is 0 Å². The quantitative estimate of drug-likeness (QED) is 0.486. The van der Waals surface area contributed by atoms with Gasteiger partial charge in [0, 0.05) is 26.2 Å². The summed E-state index contributed by atoms with van der Waals surface area (Å²) in [5.41, 5.74) is 0.757. The summed E-state index contributed by atoms with van der Waals surface area (Å²) in [5, 5.41) is 7.42. The molecule has 0 radical (unpaired) electrons. The fourth-order valence-corrected chi connectivity index (χ4v) is 5.63. The molecular formula is C22H25N5O4S2. The lowest BCUT2D eigenvalue weighted by atomic mass is 10.2. The number of rotatable bonds is 8. The number of H-pyrrole nitrogens is 1. The largest absolute Gasteiger partial charge is 0.462 e. The average molecular weight is 488 g/mol. The first kappa shape index (κ1) is 23.3. The first-order valence-corrected chi connectivity index (χ1v) is 13.1.